The Kier molecular flexibility index (Phi) is 5.63. The predicted octanol–water partition coefficient (Wildman–Crippen LogP) is 12.3. The lowest BCUT2D eigenvalue weighted by atomic mass is 10.0. The second-order valence-corrected chi connectivity index (χ2v) is 12.9. The minimum atomic E-state index is 0.690. The zero-order chi connectivity index (χ0) is 32.8. The van der Waals surface area contributed by atoms with E-state index in [4.69, 9.17) is 14.4 Å². The van der Waals surface area contributed by atoms with E-state index in [2.05, 4.69) is 150 Å². The maximum atomic E-state index is 6.66. The lowest BCUT2D eigenvalue weighted by Gasteiger charge is -2.16. The van der Waals surface area contributed by atoms with Crippen molar-refractivity contribution in [1.82, 2.24) is 14.5 Å². The Labute approximate surface area is 286 Å². The van der Waals surface area contributed by atoms with Crippen molar-refractivity contribution < 1.29 is 4.42 Å². The third-order valence-electron chi connectivity index (χ3n) is 10.2. The summed E-state index contributed by atoms with van der Waals surface area (Å²) in [4.78, 5) is 10.6. The highest BCUT2D eigenvalue weighted by Gasteiger charge is 2.22. The van der Waals surface area contributed by atoms with Crippen LogP contribution in [0.25, 0.3) is 105 Å². The maximum absolute atomic E-state index is 6.66. The van der Waals surface area contributed by atoms with Crippen LogP contribution in [0, 0.1) is 0 Å². The maximum Gasteiger partial charge on any atom is 0.162 e. The van der Waals surface area contributed by atoms with Gasteiger partial charge in [-0.3, -0.25) is 0 Å². The van der Waals surface area contributed by atoms with Crippen LogP contribution in [0.15, 0.2) is 168 Å². The Morgan fingerprint density at radius 2 is 1.16 bits per heavy atom. The summed E-state index contributed by atoms with van der Waals surface area (Å²) >= 11 is 0. The number of para-hydroxylation sites is 3. The first-order valence-electron chi connectivity index (χ1n) is 16.9. The summed E-state index contributed by atoms with van der Waals surface area (Å²) < 4.78 is 9.05. The molecule has 0 aliphatic rings. The topological polar surface area (TPSA) is 43.9 Å². The van der Waals surface area contributed by atoms with Crippen molar-refractivity contribution in [3.05, 3.63) is 164 Å². The van der Waals surface area contributed by atoms with Crippen molar-refractivity contribution in [3.8, 4) is 28.3 Å². The summed E-state index contributed by atoms with van der Waals surface area (Å²) in [7, 11) is 0. The number of hydrogen-bond donors (Lipinski definition) is 0. The first kappa shape index (κ1) is 27.2. The molecule has 0 unspecified atom stereocenters. The number of fused-ring (bicyclic) bond motifs is 11. The van der Waals surface area contributed by atoms with E-state index >= 15 is 0 Å². The number of furan rings is 1. The molecule has 11 aromatic rings. The van der Waals surface area contributed by atoms with E-state index < -0.39 is 0 Å². The zero-order valence-corrected chi connectivity index (χ0v) is 26.8. The Morgan fingerprint density at radius 1 is 0.460 bits per heavy atom. The monoisotopic (exact) mass is 637 g/mol. The Balaban J connectivity index is 1.29. The second kappa shape index (κ2) is 10.4. The number of hydrogen-bond acceptors (Lipinski definition) is 3. The molecule has 0 N–H and O–H groups in total. The molecule has 3 heterocycles. The normalized spacial score (nSPS) is 12.0. The average Bonchev–Trinajstić information content (AvgIpc) is 3.73. The molecule has 0 amide bonds. The van der Waals surface area contributed by atoms with E-state index in [-0.39, 0.29) is 0 Å². The fourth-order valence-electron chi connectivity index (χ4n) is 7.91. The zero-order valence-electron chi connectivity index (χ0n) is 26.8. The summed E-state index contributed by atoms with van der Waals surface area (Å²) in [5.74, 6) is 0.690. The van der Waals surface area contributed by atoms with Crippen molar-refractivity contribution in [3.63, 3.8) is 0 Å². The van der Waals surface area contributed by atoms with E-state index in [9.17, 15) is 0 Å². The lowest BCUT2D eigenvalue weighted by molar-refractivity contribution is 0.673. The second-order valence-electron chi connectivity index (χ2n) is 12.9. The van der Waals surface area contributed by atoms with Crippen molar-refractivity contribution >= 4 is 76.2 Å². The number of benzene rings is 8. The first-order valence-corrected chi connectivity index (χ1v) is 16.9. The molecular weight excluding hydrogens is 611 g/mol. The fourth-order valence-corrected chi connectivity index (χ4v) is 7.91. The van der Waals surface area contributed by atoms with Gasteiger partial charge in [-0.05, 0) is 58.6 Å². The van der Waals surface area contributed by atoms with Gasteiger partial charge in [0.25, 0.3) is 0 Å². The highest BCUT2D eigenvalue weighted by Crippen LogP contribution is 2.44. The number of rotatable bonds is 3. The molecule has 0 atom stereocenters. The van der Waals surface area contributed by atoms with Gasteiger partial charge in [0, 0.05) is 43.4 Å². The highest BCUT2D eigenvalue weighted by molar-refractivity contribution is 6.29. The van der Waals surface area contributed by atoms with E-state index in [1.54, 1.807) is 0 Å². The van der Waals surface area contributed by atoms with Crippen LogP contribution < -0.4 is 0 Å². The molecule has 8 aromatic carbocycles. The van der Waals surface area contributed by atoms with Gasteiger partial charge in [0.05, 0.1) is 27.9 Å². The summed E-state index contributed by atoms with van der Waals surface area (Å²) in [6, 6.07) is 57.7. The standard InChI is InChI=1S/C46H27N3O/c1-2-12-29(13-3-1)44-34-17-6-9-19-37(34)47-46(48-44)36-26-30-14-4-5-15-31(30)27-40(36)49-38-20-10-7-18-35(38)43-39(49)25-23-28-22-24-33-32-16-8-11-21-41(32)50-45(33)42(28)43/h1-27H. The molecule has 0 saturated carbocycles. The summed E-state index contributed by atoms with van der Waals surface area (Å²) in [5, 5.41) is 10.2. The van der Waals surface area contributed by atoms with Crippen molar-refractivity contribution in [1.29, 1.82) is 0 Å². The molecule has 4 nitrogen and oxygen atoms in total. The fraction of sp³-hybridized carbons (Fsp3) is 0. The molecule has 232 valence electrons. The van der Waals surface area contributed by atoms with Crippen LogP contribution in [0.2, 0.25) is 0 Å². The van der Waals surface area contributed by atoms with Crippen molar-refractivity contribution in [2.45, 2.75) is 0 Å². The summed E-state index contributed by atoms with van der Waals surface area (Å²) in [6.45, 7) is 0. The lowest BCUT2D eigenvalue weighted by Crippen LogP contribution is -2.01. The van der Waals surface area contributed by atoms with Crippen LogP contribution in [0.5, 0.6) is 0 Å². The van der Waals surface area contributed by atoms with E-state index in [1.807, 2.05) is 18.2 Å². The molecule has 0 bridgehead atoms. The van der Waals surface area contributed by atoms with Gasteiger partial charge in [-0.1, -0.05) is 121 Å². The minimum Gasteiger partial charge on any atom is -0.455 e. The van der Waals surface area contributed by atoms with Crippen molar-refractivity contribution in [2.75, 3.05) is 0 Å². The molecule has 0 radical (unpaired) electrons. The van der Waals surface area contributed by atoms with Crippen LogP contribution >= 0.6 is 0 Å². The third kappa shape index (κ3) is 3.87. The first-order chi connectivity index (χ1) is 24.8. The molecule has 0 saturated heterocycles. The number of nitrogens with zero attached hydrogens (tertiary/aromatic N) is 3. The van der Waals surface area contributed by atoms with Crippen LogP contribution in [0.4, 0.5) is 0 Å². The highest BCUT2D eigenvalue weighted by atomic mass is 16.3. The molecule has 50 heavy (non-hydrogen) atoms. The molecule has 0 aliphatic heterocycles. The summed E-state index contributed by atoms with van der Waals surface area (Å²) in [6.07, 6.45) is 0. The quantitative estimate of drug-likeness (QED) is 0.194. The van der Waals surface area contributed by atoms with Crippen LogP contribution in [0.1, 0.15) is 0 Å². The van der Waals surface area contributed by atoms with Crippen molar-refractivity contribution in [2.24, 2.45) is 0 Å². The molecule has 0 spiro atoms. The molecule has 0 fully saturated rings. The largest absolute Gasteiger partial charge is 0.455 e. The van der Waals surface area contributed by atoms with Gasteiger partial charge in [0.15, 0.2) is 5.82 Å². The number of aromatic nitrogens is 3. The Hall–Kier alpha value is -6.78. The molecule has 0 aliphatic carbocycles. The SMILES string of the molecule is c1ccc(-c2nc(-c3cc4ccccc4cc3-n3c4ccccc4c4c5c(ccc6c7ccccc7oc65)ccc43)nc3ccccc23)cc1. The smallest absolute Gasteiger partial charge is 0.162 e. The van der Waals surface area contributed by atoms with E-state index in [0.717, 1.165) is 87.9 Å². The van der Waals surface area contributed by atoms with Gasteiger partial charge in [-0.2, -0.15) is 0 Å². The molecule has 3 aromatic heterocycles. The van der Waals surface area contributed by atoms with Gasteiger partial charge >= 0.3 is 0 Å². The predicted molar refractivity (Wildman–Crippen MR) is 207 cm³/mol. The van der Waals surface area contributed by atoms with Gasteiger partial charge < -0.3 is 8.98 Å². The van der Waals surface area contributed by atoms with Gasteiger partial charge in [-0.25, -0.2) is 9.97 Å². The third-order valence-corrected chi connectivity index (χ3v) is 10.2. The van der Waals surface area contributed by atoms with E-state index in [0.29, 0.717) is 5.82 Å². The van der Waals surface area contributed by atoms with Crippen LogP contribution in [-0.2, 0) is 0 Å². The Morgan fingerprint density at radius 3 is 2.04 bits per heavy atom. The molecule has 11 rings (SSSR count). The van der Waals surface area contributed by atoms with Crippen LogP contribution in [-0.4, -0.2) is 14.5 Å². The van der Waals surface area contributed by atoms with Gasteiger partial charge in [0.2, 0.25) is 0 Å². The minimum absolute atomic E-state index is 0.690. The average molecular weight is 638 g/mol. The van der Waals surface area contributed by atoms with E-state index in [1.165, 1.54) is 10.8 Å². The van der Waals surface area contributed by atoms with Crippen LogP contribution in [0.3, 0.4) is 0 Å². The Bertz CT molecular complexity index is 3150. The van der Waals surface area contributed by atoms with Gasteiger partial charge in [0.1, 0.15) is 11.2 Å². The molecule has 4 heteroatoms. The van der Waals surface area contributed by atoms with Gasteiger partial charge in [-0.15, -0.1) is 0 Å². The summed E-state index contributed by atoms with van der Waals surface area (Å²) in [5.41, 5.74) is 8.93. The molecular formula is C46H27N3O.